The van der Waals surface area contributed by atoms with E-state index in [2.05, 4.69) is 4.85 Å². The lowest BCUT2D eigenvalue weighted by atomic mass is 10.1. The summed E-state index contributed by atoms with van der Waals surface area (Å²) < 4.78 is 88.9. The molecule has 0 aliphatic rings. The molecule has 0 atom stereocenters. The summed E-state index contributed by atoms with van der Waals surface area (Å²) in [4.78, 5) is 18.1. The van der Waals surface area contributed by atoms with Crippen LogP contribution in [0, 0.1) is 46.7 Å². The number of halogens is 6. The number of imidazole rings is 3. The molecule has 67 heavy (non-hydrogen) atoms. The van der Waals surface area contributed by atoms with Crippen LogP contribution in [0.15, 0.2) is 126 Å². The lowest BCUT2D eigenvalue weighted by Crippen LogP contribution is -2.03. The molecule has 0 radical (unpaired) electrons. The number of hydrogen-bond acceptors (Lipinski definition) is 7. The summed E-state index contributed by atoms with van der Waals surface area (Å²) in [6, 6.07) is 32.5. The molecule has 0 saturated carbocycles. The van der Waals surface area contributed by atoms with Crippen molar-refractivity contribution in [3.63, 3.8) is 0 Å². The fourth-order valence-corrected chi connectivity index (χ4v) is 9.48. The predicted octanol–water partition coefficient (Wildman–Crippen LogP) is 12.6. The van der Waals surface area contributed by atoms with Gasteiger partial charge >= 0.3 is 0 Å². The molecule has 0 bridgehead atoms. The number of rotatable bonds is 7. The molecule has 324 valence electrons. The molecule has 3 aromatic heterocycles. The molecule has 0 spiro atoms. The van der Waals surface area contributed by atoms with E-state index < -0.39 is 32.5 Å². The van der Waals surface area contributed by atoms with Gasteiger partial charge in [-0.3, -0.25) is 18.3 Å². The van der Waals surface area contributed by atoms with E-state index in [1.807, 2.05) is 12.1 Å². The van der Waals surface area contributed by atoms with Gasteiger partial charge in [-0.15, -0.1) is 0 Å². The Bertz CT molecular complexity index is 3870. The quantitative estimate of drug-likeness (QED) is 0.122. The molecule has 0 aliphatic carbocycles. The minimum Gasteiger partial charge on any atom is -0.290 e. The van der Waals surface area contributed by atoms with E-state index in [9.17, 15) is 23.5 Å². The first-order valence-electron chi connectivity index (χ1n) is 19.5. The van der Waals surface area contributed by atoms with Crippen LogP contribution in [0.3, 0.4) is 0 Å². The normalized spacial score (nSPS) is 11.6. The van der Waals surface area contributed by atoms with Gasteiger partial charge in [0.1, 0.15) is 68.0 Å². The second-order valence-electron chi connectivity index (χ2n) is 14.8. The molecule has 12 nitrogen and oxygen atoms in total. The number of para-hydroxylation sites is 2. The van der Waals surface area contributed by atoms with Gasteiger partial charge in [0.2, 0.25) is 0 Å². The van der Waals surface area contributed by atoms with E-state index in [1.54, 1.807) is 69.8 Å². The summed E-state index contributed by atoms with van der Waals surface area (Å²) in [7, 11) is -4.72. The van der Waals surface area contributed by atoms with Gasteiger partial charge in [0.05, 0.1) is 61.5 Å². The number of nitrogens with zero attached hydrogens (tertiary/aromatic N) is 9. The van der Waals surface area contributed by atoms with Gasteiger partial charge in [-0.1, -0.05) is 71.2 Å². The van der Waals surface area contributed by atoms with Gasteiger partial charge in [0.25, 0.3) is 10.1 Å². The van der Waals surface area contributed by atoms with Gasteiger partial charge < -0.3 is 0 Å². The van der Waals surface area contributed by atoms with Gasteiger partial charge in [0.15, 0.2) is 5.69 Å². The van der Waals surface area contributed by atoms with Gasteiger partial charge in [-0.05, 0) is 84.9 Å². The first kappa shape index (κ1) is 42.9. The average molecular weight is 967 g/mol. The standard InChI is InChI=1S/C48H21Cl3F3N9O3S/c1-57-26-20-33(51)39(36(54)21-26)48-60-40-43-41(58-46(61(43)27-8-4-2-5-9-27)37-31(49)16-24(22-55)18-34(37)52)45-42(44(40)62(48)28-10-6-3-7-11-28)59-47(38-32(50)17-25(23-56)19-35(38)53)63(45)29-12-14-30(15-13-29)67(64,65)66/h2-21H,(H,64,65,66). The number of fused-ring (bicyclic) bond motifs is 6. The van der Waals surface area contributed by atoms with Crippen molar-refractivity contribution >= 4 is 83.7 Å². The molecule has 0 aliphatic heterocycles. The Morgan fingerprint density at radius 3 is 1.24 bits per heavy atom. The maximum atomic E-state index is 16.6. The molecule has 10 aromatic rings. The highest BCUT2D eigenvalue weighted by Crippen LogP contribution is 2.47. The Morgan fingerprint density at radius 2 is 0.910 bits per heavy atom. The van der Waals surface area contributed by atoms with Gasteiger partial charge in [-0.25, -0.2) is 33.0 Å². The van der Waals surface area contributed by atoms with Crippen LogP contribution in [0.2, 0.25) is 15.1 Å². The first-order valence-corrected chi connectivity index (χ1v) is 22.0. The molecule has 7 aromatic carbocycles. The largest absolute Gasteiger partial charge is 0.294 e. The van der Waals surface area contributed by atoms with E-state index in [1.165, 1.54) is 34.9 Å². The number of hydrogen-bond donors (Lipinski definition) is 1. The summed E-state index contributed by atoms with van der Waals surface area (Å²) in [6.07, 6.45) is 0. The zero-order valence-corrected chi connectivity index (χ0v) is 36.6. The third-order valence-corrected chi connectivity index (χ3v) is 12.7. The van der Waals surface area contributed by atoms with Crippen LogP contribution in [0.25, 0.3) is 89.2 Å². The maximum absolute atomic E-state index is 16.6. The third-order valence-electron chi connectivity index (χ3n) is 10.9. The zero-order chi connectivity index (χ0) is 47.1. The van der Waals surface area contributed by atoms with Crippen LogP contribution in [0.1, 0.15) is 11.1 Å². The fraction of sp³-hybridized carbons (Fsp3) is 0. The molecule has 0 fully saturated rings. The molecule has 0 amide bonds. The average Bonchev–Trinajstić information content (AvgIpc) is 4.01. The smallest absolute Gasteiger partial charge is 0.290 e. The summed E-state index contributed by atoms with van der Waals surface area (Å²) in [5, 5.41) is 18.8. The zero-order valence-electron chi connectivity index (χ0n) is 33.5. The molecule has 0 unspecified atom stereocenters. The highest BCUT2D eigenvalue weighted by Gasteiger charge is 2.33. The van der Waals surface area contributed by atoms with Crippen molar-refractivity contribution in [3.05, 3.63) is 176 Å². The van der Waals surface area contributed by atoms with Crippen molar-refractivity contribution in [2.75, 3.05) is 0 Å². The first-order chi connectivity index (χ1) is 32.2. The van der Waals surface area contributed by atoms with Gasteiger partial charge in [-0.2, -0.15) is 18.9 Å². The Hall–Kier alpha value is -8.01. The Morgan fingerprint density at radius 1 is 0.552 bits per heavy atom. The highest BCUT2D eigenvalue weighted by atomic mass is 35.5. The Balaban J connectivity index is 1.53. The monoisotopic (exact) mass is 965 g/mol. The SMILES string of the molecule is [C-]#[N+]c1cc(F)c(-c2nc3c4c(nc(-c5c(F)cc(C#N)cc5Cl)n4-c4ccccc4)c4c(nc(-c5c(F)cc(C#N)cc5Cl)n4-c4ccc(S(=O)(=O)O)cc4)c3n2-c2ccccc2)c(Cl)c1. The molecule has 19 heteroatoms. The predicted molar refractivity (Wildman–Crippen MR) is 247 cm³/mol. The number of benzene rings is 7. The van der Waals surface area contributed by atoms with E-state index in [-0.39, 0.29) is 105 Å². The van der Waals surface area contributed by atoms with Crippen molar-refractivity contribution < 1.29 is 26.1 Å². The van der Waals surface area contributed by atoms with Crippen molar-refractivity contribution in [3.8, 4) is 63.4 Å². The molecular weight excluding hydrogens is 946 g/mol. The topological polar surface area (TPSA) is 160 Å². The van der Waals surface area contributed by atoms with Crippen molar-refractivity contribution in [2.45, 2.75) is 4.90 Å². The maximum Gasteiger partial charge on any atom is 0.294 e. The third kappa shape index (κ3) is 6.93. The number of nitriles is 2. The summed E-state index contributed by atoms with van der Waals surface area (Å²) in [6.45, 7) is 7.56. The summed E-state index contributed by atoms with van der Waals surface area (Å²) in [5.74, 6) is -3.21. The van der Waals surface area contributed by atoms with Crippen molar-refractivity contribution in [1.82, 2.24) is 28.7 Å². The van der Waals surface area contributed by atoms with Crippen LogP contribution in [0.5, 0.6) is 0 Å². The summed E-state index contributed by atoms with van der Waals surface area (Å²) in [5.41, 5.74) is 0.329. The highest BCUT2D eigenvalue weighted by molar-refractivity contribution is 7.85. The van der Waals surface area contributed by atoms with Gasteiger partial charge in [0, 0.05) is 22.1 Å². The fourth-order valence-electron chi connectivity index (χ4n) is 8.13. The molecular formula is C48H21Cl3F3N9O3S. The molecule has 0 saturated heterocycles. The Labute approximate surface area is 391 Å². The second kappa shape index (κ2) is 16.2. The van der Waals surface area contributed by atoms with E-state index >= 15 is 13.2 Å². The minimum absolute atomic E-state index is 0.0168. The lowest BCUT2D eigenvalue weighted by molar-refractivity contribution is 0.483. The van der Waals surface area contributed by atoms with Crippen LogP contribution in [-0.2, 0) is 10.1 Å². The minimum atomic E-state index is -4.72. The molecule has 10 rings (SSSR count). The van der Waals surface area contributed by atoms with Crippen LogP contribution < -0.4 is 0 Å². The van der Waals surface area contributed by atoms with Crippen LogP contribution in [0.4, 0.5) is 18.9 Å². The summed E-state index contributed by atoms with van der Waals surface area (Å²) >= 11 is 20.5. The van der Waals surface area contributed by atoms with E-state index in [0.717, 1.165) is 30.3 Å². The van der Waals surface area contributed by atoms with Crippen LogP contribution >= 0.6 is 34.8 Å². The number of aromatic nitrogens is 6. The van der Waals surface area contributed by atoms with Crippen molar-refractivity contribution in [1.29, 1.82) is 10.5 Å². The van der Waals surface area contributed by atoms with E-state index in [4.69, 9.17) is 56.3 Å². The van der Waals surface area contributed by atoms with Crippen LogP contribution in [-0.4, -0.2) is 41.6 Å². The van der Waals surface area contributed by atoms with E-state index in [0.29, 0.717) is 11.4 Å². The molecule has 3 heterocycles. The second-order valence-corrected chi connectivity index (χ2v) is 17.4. The molecule has 1 N–H and O–H groups in total. The van der Waals surface area contributed by atoms with Crippen molar-refractivity contribution in [2.24, 2.45) is 0 Å². The Kier molecular flexibility index (Phi) is 10.3. The lowest BCUT2D eigenvalue weighted by Gasteiger charge is -2.14.